The highest BCUT2D eigenvalue weighted by Gasteiger charge is 2.49. The topological polar surface area (TPSA) is 59.0 Å². The maximum Gasteiger partial charge on any atom is 0.410 e. The lowest BCUT2D eigenvalue weighted by atomic mass is 9.72. The van der Waals surface area contributed by atoms with Gasteiger partial charge in [0.2, 0.25) is 0 Å². The summed E-state index contributed by atoms with van der Waals surface area (Å²) < 4.78 is 11.6. The van der Waals surface area contributed by atoms with Crippen LogP contribution in [-0.4, -0.2) is 41.9 Å². The summed E-state index contributed by atoms with van der Waals surface area (Å²) in [5, 5.41) is 11.8. The van der Waals surface area contributed by atoms with Crippen molar-refractivity contribution in [3.63, 3.8) is 0 Å². The quantitative estimate of drug-likeness (QED) is 0.483. The number of nitrogens with zero attached hydrogens (tertiary/aromatic N) is 1. The fourth-order valence-electron chi connectivity index (χ4n) is 6.80. The number of hydrogen-bond donors (Lipinski definition) is 1. The molecular weight excluding hydrogens is 450 g/mol. The highest BCUT2D eigenvalue weighted by molar-refractivity contribution is 5.79. The number of amides is 1. The zero-order valence-corrected chi connectivity index (χ0v) is 20.9. The fourth-order valence-corrected chi connectivity index (χ4v) is 6.80. The summed E-state index contributed by atoms with van der Waals surface area (Å²) in [6.07, 6.45) is 3.53. The predicted octanol–water partition coefficient (Wildman–Crippen LogP) is 6.16. The van der Waals surface area contributed by atoms with Gasteiger partial charge in [0, 0.05) is 36.4 Å². The van der Waals surface area contributed by atoms with Crippen molar-refractivity contribution in [2.24, 2.45) is 0 Å². The minimum atomic E-state index is -1.02. The first kappa shape index (κ1) is 23.1. The van der Waals surface area contributed by atoms with Crippen LogP contribution in [0, 0.1) is 6.92 Å². The van der Waals surface area contributed by atoms with Crippen LogP contribution in [0.15, 0.2) is 66.7 Å². The van der Waals surface area contributed by atoms with Gasteiger partial charge in [-0.15, -0.1) is 0 Å². The molecule has 1 aliphatic carbocycles. The normalized spacial score (nSPS) is 24.7. The van der Waals surface area contributed by atoms with Crippen LogP contribution in [0.5, 0.6) is 5.75 Å². The highest BCUT2D eigenvalue weighted by Crippen LogP contribution is 2.48. The van der Waals surface area contributed by atoms with E-state index < -0.39 is 5.60 Å². The van der Waals surface area contributed by atoms with Gasteiger partial charge in [-0.2, -0.15) is 0 Å². The van der Waals surface area contributed by atoms with Crippen LogP contribution in [0.2, 0.25) is 0 Å². The monoisotopic (exact) mass is 483 g/mol. The summed E-state index contributed by atoms with van der Waals surface area (Å²) in [5.74, 6) is 0.746. The van der Waals surface area contributed by atoms with Gasteiger partial charge < -0.3 is 19.5 Å². The Morgan fingerprint density at radius 2 is 1.58 bits per heavy atom. The second-order valence-corrected chi connectivity index (χ2v) is 10.6. The third-order valence-electron chi connectivity index (χ3n) is 8.41. The molecule has 2 bridgehead atoms. The lowest BCUT2D eigenvalue weighted by Gasteiger charge is -2.51. The van der Waals surface area contributed by atoms with Crippen molar-refractivity contribution in [2.45, 2.75) is 62.6 Å². The van der Waals surface area contributed by atoms with E-state index in [0.29, 0.717) is 25.2 Å². The zero-order valence-electron chi connectivity index (χ0n) is 20.9. The molecule has 1 amide bonds. The van der Waals surface area contributed by atoms with Crippen LogP contribution >= 0.6 is 0 Å². The number of ether oxygens (including phenoxy) is 2. The maximum absolute atomic E-state index is 13.5. The average Bonchev–Trinajstić information content (AvgIpc) is 3.20. The van der Waals surface area contributed by atoms with Gasteiger partial charge in [0.1, 0.15) is 12.4 Å². The molecule has 3 aromatic rings. The number of rotatable bonds is 4. The molecule has 186 valence electrons. The van der Waals surface area contributed by atoms with Crippen molar-refractivity contribution < 1.29 is 19.4 Å². The molecule has 3 aromatic carbocycles. The molecule has 0 radical (unpaired) electrons. The molecule has 0 aromatic heterocycles. The number of carbonyl (C=O) groups is 1. The molecule has 0 spiro atoms. The van der Waals surface area contributed by atoms with Crippen LogP contribution in [-0.2, 0) is 10.3 Å². The summed E-state index contributed by atoms with van der Waals surface area (Å²) in [4.78, 5) is 15.4. The van der Waals surface area contributed by atoms with E-state index in [1.165, 1.54) is 22.3 Å². The van der Waals surface area contributed by atoms with Gasteiger partial charge >= 0.3 is 6.09 Å². The number of piperidine rings is 2. The van der Waals surface area contributed by atoms with Gasteiger partial charge in [-0.1, -0.05) is 60.2 Å². The van der Waals surface area contributed by atoms with E-state index in [0.717, 1.165) is 30.4 Å². The summed E-state index contributed by atoms with van der Waals surface area (Å²) >= 11 is 0. The molecule has 5 nitrogen and oxygen atoms in total. The largest absolute Gasteiger partial charge is 0.496 e. The predicted molar refractivity (Wildman–Crippen MR) is 139 cm³/mol. The van der Waals surface area contributed by atoms with Crippen LogP contribution in [0.3, 0.4) is 0 Å². The molecule has 0 saturated carbocycles. The SMILES string of the molecule is COc1ccc(C)cc1C1(O)CC2CCCC(C1)N2C(=O)OCC1c2ccccc2-c2ccccc21. The minimum absolute atomic E-state index is 0.0412. The van der Waals surface area contributed by atoms with Crippen molar-refractivity contribution in [1.82, 2.24) is 4.90 Å². The van der Waals surface area contributed by atoms with Gasteiger partial charge in [0.15, 0.2) is 0 Å². The van der Waals surface area contributed by atoms with Crippen molar-refractivity contribution in [3.8, 4) is 16.9 Å². The Labute approximate surface area is 212 Å². The summed E-state index contributed by atoms with van der Waals surface area (Å²) in [6.45, 7) is 2.34. The highest BCUT2D eigenvalue weighted by atomic mass is 16.6. The zero-order chi connectivity index (χ0) is 24.9. The van der Waals surface area contributed by atoms with Gasteiger partial charge in [-0.05, 0) is 60.6 Å². The van der Waals surface area contributed by atoms with Gasteiger partial charge in [-0.25, -0.2) is 4.79 Å². The smallest absolute Gasteiger partial charge is 0.410 e. The van der Waals surface area contributed by atoms with E-state index >= 15 is 0 Å². The van der Waals surface area contributed by atoms with Gasteiger partial charge in [0.25, 0.3) is 0 Å². The second-order valence-electron chi connectivity index (χ2n) is 10.6. The first-order valence-corrected chi connectivity index (χ1v) is 13.0. The number of aliphatic hydroxyl groups is 1. The third-order valence-corrected chi connectivity index (χ3v) is 8.41. The van der Waals surface area contributed by atoms with Crippen molar-refractivity contribution in [1.29, 1.82) is 0 Å². The van der Waals surface area contributed by atoms with Crippen molar-refractivity contribution in [3.05, 3.63) is 89.0 Å². The van der Waals surface area contributed by atoms with E-state index in [-0.39, 0.29) is 24.1 Å². The number of fused-ring (bicyclic) bond motifs is 5. The molecule has 1 N–H and O–H groups in total. The van der Waals surface area contributed by atoms with E-state index in [2.05, 4.69) is 48.5 Å². The Kier molecular flexibility index (Phi) is 5.76. The van der Waals surface area contributed by atoms with E-state index in [9.17, 15) is 9.90 Å². The minimum Gasteiger partial charge on any atom is -0.496 e. The molecule has 5 heteroatoms. The molecule has 6 rings (SSSR count). The molecule has 2 fully saturated rings. The van der Waals surface area contributed by atoms with Crippen LogP contribution < -0.4 is 4.74 Å². The Morgan fingerprint density at radius 3 is 2.19 bits per heavy atom. The lowest BCUT2D eigenvalue weighted by Crippen LogP contribution is -2.59. The number of aryl methyl sites for hydroxylation is 1. The second kappa shape index (κ2) is 8.97. The summed E-state index contributed by atoms with van der Waals surface area (Å²) in [7, 11) is 1.64. The average molecular weight is 484 g/mol. The van der Waals surface area contributed by atoms with E-state index in [4.69, 9.17) is 9.47 Å². The summed E-state index contributed by atoms with van der Waals surface area (Å²) in [5.41, 5.74) is 5.77. The van der Waals surface area contributed by atoms with Crippen molar-refractivity contribution in [2.75, 3.05) is 13.7 Å². The van der Waals surface area contributed by atoms with Crippen LogP contribution in [0.1, 0.15) is 60.3 Å². The van der Waals surface area contributed by atoms with Gasteiger partial charge in [0.05, 0.1) is 12.7 Å². The van der Waals surface area contributed by atoms with Crippen LogP contribution in [0.4, 0.5) is 4.79 Å². The van der Waals surface area contributed by atoms with Crippen LogP contribution in [0.25, 0.3) is 11.1 Å². The fraction of sp³-hybridized carbons (Fsp3) is 0.387. The molecule has 2 unspecified atom stereocenters. The molecule has 3 aliphatic rings. The van der Waals surface area contributed by atoms with E-state index in [1.54, 1.807) is 7.11 Å². The third kappa shape index (κ3) is 3.77. The maximum atomic E-state index is 13.5. The molecule has 2 atom stereocenters. The molecule has 2 heterocycles. The molecule has 2 aliphatic heterocycles. The Balaban J connectivity index is 1.22. The first-order chi connectivity index (χ1) is 17.5. The van der Waals surface area contributed by atoms with Gasteiger partial charge in [-0.3, -0.25) is 0 Å². The van der Waals surface area contributed by atoms with E-state index in [1.807, 2.05) is 30.0 Å². The Bertz CT molecular complexity index is 1240. The number of methoxy groups -OCH3 is 1. The number of carbonyl (C=O) groups excluding carboxylic acids is 1. The lowest BCUT2D eigenvalue weighted by molar-refractivity contribution is -0.0899. The molecule has 36 heavy (non-hydrogen) atoms. The standard InChI is InChI=1S/C31H33NO4/c1-20-14-15-29(35-2)28(16-20)31(34)17-21-8-7-9-22(18-31)32(21)30(33)36-19-27-25-12-5-3-10-23(25)24-11-4-6-13-26(24)27/h3-6,10-16,21-22,27,34H,7-9,17-19H2,1-2H3. The number of hydrogen-bond acceptors (Lipinski definition) is 4. The molecule has 2 saturated heterocycles. The Morgan fingerprint density at radius 1 is 0.972 bits per heavy atom. The Hall–Kier alpha value is -3.31. The number of benzene rings is 3. The van der Waals surface area contributed by atoms with Crippen molar-refractivity contribution >= 4 is 6.09 Å². The molecular formula is C31H33NO4. The first-order valence-electron chi connectivity index (χ1n) is 13.0. The summed E-state index contributed by atoms with van der Waals surface area (Å²) in [6, 6.07) is 22.6.